The van der Waals surface area contributed by atoms with Crippen LogP contribution in [-0.4, -0.2) is 40.1 Å². The van der Waals surface area contributed by atoms with Gasteiger partial charge in [-0.2, -0.15) is 0 Å². The number of hydrogen-bond donors (Lipinski definition) is 2. The number of ether oxygens (including phenoxy) is 1. The van der Waals surface area contributed by atoms with E-state index in [1.165, 1.54) is 13.2 Å². The highest BCUT2D eigenvalue weighted by Gasteiger charge is 2.39. The van der Waals surface area contributed by atoms with Crippen molar-refractivity contribution in [3.8, 4) is 11.4 Å². The fourth-order valence-corrected chi connectivity index (χ4v) is 6.40. The number of aliphatic hydroxyl groups is 1. The van der Waals surface area contributed by atoms with E-state index in [4.69, 9.17) is 9.72 Å². The number of nitrogens with one attached hydrogen (secondary N) is 1. The number of amides is 1. The van der Waals surface area contributed by atoms with E-state index in [0.717, 1.165) is 41.2 Å². The lowest BCUT2D eigenvalue weighted by atomic mass is 9.81. The summed E-state index contributed by atoms with van der Waals surface area (Å²) in [5.74, 6) is -1.23. The number of benzene rings is 1. The molecule has 0 bridgehead atoms. The fourth-order valence-electron chi connectivity index (χ4n) is 6.40. The lowest BCUT2D eigenvalue weighted by Gasteiger charge is -2.30. The molecule has 39 heavy (non-hydrogen) atoms. The summed E-state index contributed by atoms with van der Waals surface area (Å²) in [5.41, 5.74) is 5.44. The van der Waals surface area contributed by atoms with Crippen LogP contribution < -0.4 is 10.9 Å². The van der Waals surface area contributed by atoms with E-state index < -0.39 is 24.0 Å². The molecule has 0 saturated heterocycles. The molecule has 9 heteroatoms. The molecule has 0 radical (unpaired) electrons. The van der Waals surface area contributed by atoms with Gasteiger partial charge >= 0.3 is 0 Å². The molecular weight excluding hydrogens is 501 g/mol. The fraction of sp³-hybridized carbons (Fsp3) is 0.467. The Kier molecular flexibility index (Phi) is 6.38. The first kappa shape index (κ1) is 25.8. The average molecular weight is 534 g/mol. The van der Waals surface area contributed by atoms with Crippen LogP contribution in [0.4, 0.5) is 4.39 Å². The lowest BCUT2D eigenvalue weighted by Crippen LogP contribution is -2.39. The molecule has 1 fully saturated rings. The minimum absolute atomic E-state index is 0.00909. The maximum atomic E-state index is 15.0. The Bertz CT molecular complexity index is 1590. The number of hydrogen-bond acceptors (Lipinski definition) is 6. The normalized spacial score (nSPS) is 18.9. The zero-order valence-electron chi connectivity index (χ0n) is 22.3. The quantitative estimate of drug-likeness (QED) is 0.335. The van der Waals surface area contributed by atoms with Crippen molar-refractivity contribution in [2.24, 2.45) is 5.92 Å². The Morgan fingerprint density at radius 1 is 1.31 bits per heavy atom. The summed E-state index contributed by atoms with van der Waals surface area (Å²) >= 11 is 0. The van der Waals surface area contributed by atoms with Gasteiger partial charge in [-0.15, -0.1) is 0 Å². The summed E-state index contributed by atoms with van der Waals surface area (Å²) in [7, 11) is 1.51. The first-order valence-electron chi connectivity index (χ1n) is 13.6. The number of aromatic nitrogens is 2. The smallest absolute Gasteiger partial charge is 0.257 e. The SMILES string of the molecule is CCC(C=O)c1cc2n(c(=O)c1COC)Cc1c-2nc2cc(F)c(C)c3c2c1C(NC(=O)C(O)C1CC1)CC3. The predicted molar refractivity (Wildman–Crippen MR) is 143 cm³/mol. The summed E-state index contributed by atoms with van der Waals surface area (Å²) in [6.07, 6.45) is 3.08. The van der Waals surface area contributed by atoms with Crippen molar-refractivity contribution < 1.29 is 23.8 Å². The Morgan fingerprint density at radius 2 is 2.08 bits per heavy atom. The Morgan fingerprint density at radius 3 is 2.74 bits per heavy atom. The predicted octanol–water partition coefficient (Wildman–Crippen LogP) is 3.59. The summed E-state index contributed by atoms with van der Waals surface area (Å²) in [4.78, 5) is 43.5. The van der Waals surface area contributed by atoms with Gasteiger partial charge in [-0.3, -0.25) is 9.59 Å². The van der Waals surface area contributed by atoms with Gasteiger partial charge in [-0.1, -0.05) is 6.92 Å². The molecule has 8 nitrogen and oxygen atoms in total. The van der Waals surface area contributed by atoms with Gasteiger partial charge in [0, 0.05) is 35.6 Å². The molecule has 3 heterocycles. The second-order valence-electron chi connectivity index (χ2n) is 11.0. The van der Waals surface area contributed by atoms with Gasteiger partial charge in [-0.25, -0.2) is 9.37 Å². The molecule has 3 atom stereocenters. The van der Waals surface area contributed by atoms with E-state index in [0.29, 0.717) is 52.9 Å². The van der Waals surface area contributed by atoms with Gasteiger partial charge < -0.3 is 24.5 Å². The van der Waals surface area contributed by atoms with Crippen molar-refractivity contribution in [3.63, 3.8) is 0 Å². The van der Waals surface area contributed by atoms with Crippen LogP contribution in [0.5, 0.6) is 0 Å². The molecule has 1 saturated carbocycles. The topological polar surface area (TPSA) is 111 Å². The summed E-state index contributed by atoms with van der Waals surface area (Å²) in [6.45, 7) is 3.96. The Labute approximate surface area is 225 Å². The first-order chi connectivity index (χ1) is 18.8. The minimum atomic E-state index is -1.06. The van der Waals surface area contributed by atoms with Gasteiger partial charge in [0.05, 0.1) is 36.1 Å². The maximum Gasteiger partial charge on any atom is 0.257 e. The number of pyridine rings is 2. The Balaban J connectivity index is 1.58. The number of carbonyl (C=O) groups is 2. The molecule has 0 spiro atoms. The summed E-state index contributed by atoms with van der Waals surface area (Å²) < 4.78 is 22.0. The van der Waals surface area contributed by atoms with Gasteiger partial charge in [0.25, 0.3) is 5.56 Å². The van der Waals surface area contributed by atoms with Crippen molar-refractivity contribution >= 4 is 23.1 Å². The van der Waals surface area contributed by atoms with E-state index in [9.17, 15) is 19.5 Å². The molecule has 2 aliphatic carbocycles. The van der Waals surface area contributed by atoms with Crippen molar-refractivity contribution in [3.05, 3.63) is 61.7 Å². The van der Waals surface area contributed by atoms with Gasteiger partial charge in [-0.05, 0) is 73.3 Å². The molecule has 6 rings (SSSR count). The zero-order valence-corrected chi connectivity index (χ0v) is 22.3. The number of aryl methyl sites for hydroxylation is 1. The number of carbonyl (C=O) groups excluding carboxylic acids is 2. The monoisotopic (exact) mass is 533 g/mol. The Hall–Kier alpha value is -3.43. The van der Waals surface area contributed by atoms with E-state index in [-0.39, 0.29) is 30.4 Å². The third-order valence-electron chi connectivity index (χ3n) is 8.72. The average Bonchev–Trinajstić information content (AvgIpc) is 3.71. The summed E-state index contributed by atoms with van der Waals surface area (Å²) in [6, 6.07) is 2.85. The van der Waals surface area contributed by atoms with Gasteiger partial charge in [0.15, 0.2) is 0 Å². The van der Waals surface area contributed by atoms with E-state index in [1.807, 2.05) is 13.0 Å². The highest BCUT2D eigenvalue weighted by molar-refractivity contribution is 5.94. The van der Waals surface area contributed by atoms with Crippen LogP contribution in [-0.2, 0) is 33.9 Å². The van der Waals surface area contributed by atoms with E-state index in [1.54, 1.807) is 11.5 Å². The lowest BCUT2D eigenvalue weighted by molar-refractivity contribution is -0.131. The van der Waals surface area contributed by atoms with Crippen LogP contribution >= 0.6 is 0 Å². The molecule has 204 valence electrons. The molecule has 3 unspecified atom stereocenters. The molecule has 1 aromatic carbocycles. The van der Waals surface area contributed by atoms with E-state index >= 15 is 4.39 Å². The summed E-state index contributed by atoms with van der Waals surface area (Å²) in [5, 5.41) is 14.3. The van der Waals surface area contributed by atoms with Crippen molar-refractivity contribution in [1.82, 2.24) is 14.9 Å². The van der Waals surface area contributed by atoms with Crippen molar-refractivity contribution in [1.29, 1.82) is 0 Å². The molecule has 2 N–H and O–H groups in total. The number of halogens is 1. The third kappa shape index (κ3) is 4.02. The van der Waals surface area contributed by atoms with Crippen LogP contribution in [0.3, 0.4) is 0 Å². The van der Waals surface area contributed by atoms with Gasteiger partial charge in [0.1, 0.15) is 18.2 Å². The third-order valence-corrected chi connectivity index (χ3v) is 8.72. The number of methoxy groups -OCH3 is 1. The number of fused-ring (bicyclic) bond motifs is 4. The first-order valence-corrected chi connectivity index (χ1v) is 13.6. The number of aldehydes is 1. The van der Waals surface area contributed by atoms with Crippen molar-refractivity contribution in [2.75, 3.05) is 7.11 Å². The highest BCUT2D eigenvalue weighted by Crippen LogP contribution is 2.45. The largest absolute Gasteiger partial charge is 0.383 e. The van der Waals surface area contributed by atoms with Crippen LogP contribution in [0.25, 0.3) is 22.3 Å². The molecule has 3 aliphatic rings. The molecular formula is C30H32FN3O5. The standard InChI is InChI=1S/C30H32FN3O5/c1-4-15(12-35)18-9-24-27-19(11-34(24)30(38)20(18)13-39-3)26-22(33-29(37)28(36)16-5-6-16)8-7-17-14(2)21(31)10-23(32-27)25(17)26/h9-10,12,15-16,22,28,36H,4-8,11,13H2,1-3H3,(H,33,37). The highest BCUT2D eigenvalue weighted by atomic mass is 19.1. The van der Waals surface area contributed by atoms with Gasteiger partial charge in [0.2, 0.25) is 5.91 Å². The maximum absolute atomic E-state index is 15.0. The van der Waals surface area contributed by atoms with Crippen LogP contribution in [0.1, 0.15) is 77.9 Å². The molecule has 2 aromatic heterocycles. The molecule has 1 aliphatic heterocycles. The second kappa shape index (κ2) is 9.64. The van der Waals surface area contributed by atoms with Crippen LogP contribution in [0.15, 0.2) is 16.9 Å². The second-order valence-corrected chi connectivity index (χ2v) is 11.0. The number of rotatable bonds is 8. The van der Waals surface area contributed by atoms with Crippen LogP contribution in [0.2, 0.25) is 0 Å². The van der Waals surface area contributed by atoms with E-state index in [2.05, 4.69) is 5.32 Å². The van der Waals surface area contributed by atoms with Crippen LogP contribution in [0, 0.1) is 18.7 Å². The minimum Gasteiger partial charge on any atom is -0.383 e. The molecule has 3 aromatic rings. The number of aliphatic hydroxyl groups excluding tert-OH is 1. The number of nitrogens with zero attached hydrogens (tertiary/aromatic N) is 2. The zero-order chi connectivity index (χ0) is 27.6. The molecule has 1 amide bonds. The van der Waals surface area contributed by atoms with Crippen molar-refractivity contribution in [2.45, 2.75) is 77.2 Å².